The van der Waals surface area contributed by atoms with Gasteiger partial charge in [0.25, 0.3) is 6.33 Å². The fraction of sp³-hybridized carbons (Fsp3) is 0. The molecule has 0 saturated carbocycles. The quantitative estimate of drug-likeness (QED) is 0.259. The number of hydrogen-bond acceptors (Lipinski definition) is 4. The zero-order chi connectivity index (χ0) is 9.42. The molecule has 0 fully saturated rings. The van der Waals surface area contributed by atoms with E-state index in [9.17, 15) is 10.3 Å². The van der Waals surface area contributed by atoms with E-state index in [2.05, 4.69) is 4.98 Å². The highest BCUT2D eigenvalue weighted by atomic mass is 16.5. The average Bonchev–Trinajstić information content (AvgIpc) is 2.12. The van der Waals surface area contributed by atoms with Gasteiger partial charge in [-0.05, 0) is 12.1 Å². The summed E-state index contributed by atoms with van der Waals surface area (Å²) in [4.78, 5) is 3.67. The standard InChI is InChI=1S/C8H7N3O2/c9-6-1-2-7(12)8-5(6)3-10-4-11(8)13/h1-4,12H,9H2. The third-order valence-electron chi connectivity index (χ3n) is 1.83. The second-order valence-electron chi connectivity index (χ2n) is 2.66. The van der Waals surface area contributed by atoms with Crippen LogP contribution in [0.2, 0.25) is 0 Å². The summed E-state index contributed by atoms with van der Waals surface area (Å²) in [5.41, 5.74) is 6.16. The maximum Gasteiger partial charge on any atom is 0.289 e. The van der Waals surface area contributed by atoms with Crippen LogP contribution < -0.4 is 10.5 Å². The monoisotopic (exact) mass is 177 g/mol. The van der Waals surface area contributed by atoms with E-state index in [1.54, 1.807) is 0 Å². The molecule has 0 unspecified atom stereocenters. The summed E-state index contributed by atoms with van der Waals surface area (Å²) in [7, 11) is 0. The smallest absolute Gasteiger partial charge is 0.289 e. The van der Waals surface area contributed by atoms with Crippen molar-refractivity contribution in [3.05, 3.63) is 29.9 Å². The van der Waals surface area contributed by atoms with Crippen LogP contribution in [0.4, 0.5) is 5.69 Å². The third kappa shape index (κ3) is 1.01. The van der Waals surface area contributed by atoms with E-state index in [0.29, 0.717) is 15.8 Å². The summed E-state index contributed by atoms with van der Waals surface area (Å²) >= 11 is 0. The second kappa shape index (κ2) is 2.48. The van der Waals surface area contributed by atoms with Gasteiger partial charge < -0.3 is 16.0 Å². The van der Waals surface area contributed by atoms with Crippen LogP contribution in [0, 0.1) is 5.21 Å². The first-order valence-corrected chi connectivity index (χ1v) is 3.64. The Morgan fingerprint density at radius 2 is 2.23 bits per heavy atom. The molecule has 5 heteroatoms. The van der Waals surface area contributed by atoms with Crippen molar-refractivity contribution in [3.63, 3.8) is 0 Å². The number of nitrogen functional groups attached to an aromatic ring is 1. The molecule has 0 saturated heterocycles. The normalized spacial score (nSPS) is 10.5. The van der Waals surface area contributed by atoms with E-state index in [1.165, 1.54) is 18.3 Å². The number of phenolic OH excluding ortho intramolecular Hbond substituents is 1. The summed E-state index contributed by atoms with van der Waals surface area (Å²) in [5.74, 6) is -0.0957. The highest BCUT2D eigenvalue weighted by Gasteiger charge is 2.09. The lowest BCUT2D eigenvalue weighted by atomic mass is 10.2. The van der Waals surface area contributed by atoms with Gasteiger partial charge in [-0.25, -0.2) is 4.73 Å². The van der Waals surface area contributed by atoms with Gasteiger partial charge in [0.15, 0.2) is 17.5 Å². The van der Waals surface area contributed by atoms with Crippen molar-refractivity contribution in [1.82, 2.24) is 4.98 Å². The number of rotatable bonds is 0. The highest BCUT2D eigenvalue weighted by Crippen LogP contribution is 2.24. The first kappa shape index (κ1) is 7.60. The number of hydrogen-bond donors (Lipinski definition) is 2. The maximum absolute atomic E-state index is 11.2. The van der Waals surface area contributed by atoms with Crippen LogP contribution in [0.3, 0.4) is 0 Å². The molecule has 0 bridgehead atoms. The topological polar surface area (TPSA) is 86.1 Å². The summed E-state index contributed by atoms with van der Waals surface area (Å²) in [6.07, 6.45) is 2.51. The summed E-state index contributed by atoms with van der Waals surface area (Å²) < 4.78 is 0.487. The van der Waals surface area contributed by atoms with Gasteiger partial charge in [-0.3, -0.25) is 0 Å². The molecule has 2 rings (SSSR count). The molecule has 3 N–H and O–H groups in total. The predicted octanol–water partition coefficient (Wildman–Crippen LogP) is 0.156. The summed E-state index contributed by atoms with van der Waals surface area (Å²) in [5, 5.41) is 21.0. The molecule has 13 heavy (non-hydrogen) atoms. The van der Waals surface area contributed by atoms with Gasteiger partial charge in [0, 0.05) is 5.69 Å². The van der Waals surface area contributed by atoms with Gasteiger partial charge in [0.05, 0.1) is 5.39 Å². The molecule has 0 aliphatic rings. The molecule has 0 aliphatic carbocycles. The zero-order valence-electron chi connectivity index (χ0n) is 6.64. The largest absolute Gasteiger partial charge is 0.710 e. The Morgan fingerprint density at radius 1 is 1.46 bits per heavy atom. The molecule has 0 amide bonds. The fourth-order valence-electron chi connectivity index (χ4n) is 1.21. The highest BCUT2D eigenvalue weighted by molar-refractivity contribution is 5.91. The van der Waals surface area contributed by atoms with Crippen LogP contribution in [0.15, 0.2) is 24.7 Å². The number of aromatic hydroxyl groups is 1. The third-order valence-corrected chi connectivity index (χ3v) is 1.83. The lowest BCUT2D eigenvalue weighted by molar-refractivity contribution is -0.580. The molecular weight excluding hydrogens is 170 g/mol. The molecule has 0 aliphatic heterocycles. The van der Waals surface area contributed by atoms with Gasteiger partial charge in [0.1, 0.15) is 0 Å². The van der Waals surface area contributed by atoms with Crippen LogP contribution in [0.1, 0.15) is 0 Å². The minimum absolute atomic E-state index is 0.0957. The molecule has 1 aromatic heterocycles. The van der Waals surface area contributed by atoms with E-state index in [1.807, 2.05) is 0 Å². The number of aromatic nitrogens is 2. The van der Waals surface area contributed by atoms with Crippen LogP contribution in [0.5, 0.6) is 5.75 Å². The van der Waals surface area contributed by atoms with Crippen LogP contribution in [-0.2, 0) is 0 Å². The Labute approximate surface area is 73.6 Å². The molecule has 0 spiro atoms. The Balaban J connectivity index is 3.00. The molecular formula is C8H7N3O2. The van der Waals surface area contributed by atoms with Crippen molar-refractivity contribution in [2.75, 3.05) is 5.73 Å². The molecule has 0 atom stereocenters. The molecule has 2 aromatic rings. The zero-order valence-corrected chi connectivity index (χ0v) is 6.64. The minimum Gasteiger partial charge on any atom is -0.710 e. The lowest BCUT2D eigenvalue weighted by Gasteiger charge is -2.06. The van der Waals surface area contributed by atoms with E-state index < -0.39 is 0 Å². The van der Waals surface area contributed by atoms with E-state index in [-0.39, 0.29) is 11.3 Å². The van der Waals surface area contributed by atoms with Gasteiger partial charge in [-0.15, -0.1) is 0 Å². The number of nitrogens with zero attached hydrogens (tertiary/aromatic N) is 2. The van der Waals surface area contributed by atoms with Gasteiger partial charge >= 0.3 is 0 Å². The molecule has 66 valence electrons. The molecule has 0 radical (unpaired) electrons. The fourth-order valence-corrected chi connectivity index (χ4v) is 1.21. The first-order valence-electron chi connectivity index (χ1n) is 3.64. The molecule has 1 aromatic carbocycles. The minimum atomic E-state index is -0.0957. The van der Waals surface area contributed by atoms with Crippen LogP contribution >= 0.6 is 0 Å². The Morgan fingerprint density at radius 3 is 2.92 bits per heavy atom. The van der Waals surface area contributed by atoms with Crippen molar-refractivity contribution in [3.8, 4) is 5.75 Å². The number of anilines is 1. The van der Waals surface area contributed by atoms with Crippen molar-refractivity contribution in [2.24, 2.45) is 0 Å². The first-order chi connectivity index (χ1) is 6.20. The van der Waals surface area contributed by atoms with E-state index in [4.69, 9.17) is 5.73 Å². The molecule has 1 heterocycles. The number of benzene rings is 1. The summed E-state index contributed by atoms with van der Waals surface area (Å²) in [6, 6.07) is 2.91. The number of fused-ring (bicyclic) bond motifs is 1. The van der Waals surface area contributed by atoms with Gasteiger partial charge in [0.2, 0.25) is 0 Å². The van der Waals surface area contributed by atoms with Gasteiger partial charge in [-0.2, -0.15) is 0 Å². The maximum atomic E-state index is 11.2. The van der Waals surface area contributed by atoms with E-state index >= 15 is 0 Å². The Kier molecular flexibility index (Phi) is 1.45. The van der Waals surface area contributed by atoms with Crippen LogP contribution in [-0.4, -0.2) is 10.1 Å². The molecule has 5 nitrogen and oxygen atoms in total. The van der Waals surface area contributed by atoms with Crippen molar-refractivity contribution >= 4 is 16.6 Å². The number of nitrogens with two attached hydrogens (primary N) is 1. The Hall–Kier alpha value is -2.04. The summed E-state index contributed by atoms with van der Waals surface area (Å²) in [6.45, 7) is 0. The second-order valence-corrected chi connectivity index (χ2v) is 2.66. The van der Waals surface area contributed by atoms with E-state index in [0.717, 1.165) is 6.33 Å². The SMILES string of the molecule is Nc1ccc(O)c2c1cnc[n+]2[O-]. The number of phenols is 1. The van der Waals surface area contributed by atoms with Crippen molar-refractivity contribution in [2.45, 2.75) is 0 Å². The lowest BCUT2D eigenvalue weighted by Crippen LogP contribution is -2.27. The van der Waals surface area contributed by atoms with Gasteiger partial charge in [-0.1, -0.05) is 4.98 Å². The Bertz CT molecular complexity index is 462. The van der Waals surface area contributed by atoms with Crippen molar-refractivity contribution in [1.29, 1.82) is 0 Å². The van der Waals surface area contributed by atoms with Crippen molar-refractivity contribution < 1.29 is 9.84 Å². The predicted molar refractivity (Wildman–Crippen MR) is 46.8 cm³/mol. The van der Waals surface area contributed by atoms with Crippen LogP contribution in [0.25, 0.3) is 10.9 Å². The average molecular weight is 177 g/mol.